The number of hydrogen-bond acceptors (Lipinski definition) is 1. The Hall–Kier alpha value is -0.960. The summed E-state index contributed by atoms with van der Waals surface area (Å²) < 4.78 is 26.7. The molecule has 0 spiro atoms. The summed E-state index contributed by atoms with van der Waals surface area (Å²) in [5, 5.41) is 3.35. The normalized spacial score (nSPS) is 23.5. The van der Waals surface area contributed by atoms with Crippen LogP contribution in [0.15, 0.2) is 18.2 Å². The highest BCUT2D eigenvalue weighted by atomic mass is 19.1. The van der Waals surface area contributed by atoms with Gasteiger partial charge in [0, 0.05) is 0 Å². The van der Waals surface area contributed by atoms with Crippen LogP contribution in [0.2, 0.25) is 0 Å². The number of rotatable bonds is 5. The molecule has 0 amide bonds. The van der Waals surface area contributed by atoms with Gasteiger partial charge in [-0.25, -0.2) is 8.78 Å². The van der Waals surface area contributed by atoms with E-state index in [0.717, 1.165) is 32.4 Å². The molecule has 2 unspecified atom stereocenters. The van der Waals surface area contributed by atoms with Crippen LogP contribution >= 0.6 is 0 Å². The Balaban J connectivity index is 1.99. The van der Waals surface area contributed by atoms with E-state index in [-0.39, 0.29) is 17.6 Å². The predicted octanol–water partition coefficient (Wildman–Crippen LogP) is 3.46. The standard InChI is InChI=1S/C14H19F2N/c1-2-7-17-9-10-3-5-12(10)13-8-11(15)4-6-14(13)16/h4,6,8,10,12,17H,2-3,5,7,9H2,1H3. The molecule has 1 aliphatic rings. The van der Waals surface area contributed by atoms with Crippen LogP contribution in [0.25, 0.3) is 0 Å². The molecular formula is C14H19F2N. The van der Waals surface area contributed by atoms with Gasteiger partial charge in [0.05, 0.1) is 0 Å². The van der Waals surface area contributed by atoms with Crippen molar-refractivity contribution in [3.8, 4) is 0 Å². The molecule has 2 atom stereocenters. The zero-order chi connectivity index (χ0) is 12.3. The Kier molecular flexibility index (Phi) is 4.11. The average Bonchev–Trinajstić information content (AvgIpc) is 2.28. The first kappa shape index (κ1) is 12.5. The first-order valence-corrected chi connectivity index (χ1v) is 6.38. The van der Waals surface area contributed by atoms with Gasteiger partial charge in [-0.1, -0.05) is 6.92 Å². The molecule has 1 aromatic rings. The second-order valence-corrected chi connectivity index (χ2v) is 4.81. The maximum Gasteiger partial charge on any atom is 0.126 e. The van der Waals surface area contributed by atoms with Crippen LogP contribution in [0.1, 0.15) is 37.7 Å². The summed E-state index contributed by atoms with van der Waals surface area (Å²) in [5.41, 5.74) is 0.555. The summed E-state index contributed by atoms with van der Waals surface area (Å²) in [5.74, 6) is 0.0399. The summed E-state index contributed by atoms with van der Waals surface area (Å²) in [4.78, 5) is 0. The van der Waals surface area contributed by atoms with E-state index in [4.69, 9.17) is 0 Å². The van der Waals surface area contributed by atoms with E-state index >= 15 is 0 Å². The molecule has 1 N–H and O–H groups in total. The SMILES string of the molecule is CCCNCC1CCC1c1cc(F)ccc1F. The van der Waals surface area contributed by atoms with Crippen molar-refractivity contribution < 1.29 is 8.78 Å². The maximum atomic E-state index is 13.6. The van der Waals surface area contributed by atoms with Crippen molar-refractivity contribution in [2.24, 2.45) is 5.92 Å². The second kappa shape index (κ2) is 5.58. The van der Waals surface area contributed by atoms with Crippen LogP contribution in [0, 0.1) is 17.6 Å². The van der Waals surface area contributed by atoms with Crippen LogP contribution in [-0.2, 0) is 0 Å². The lowest BCUT2D eigenvalue weighted by Gasteiger charge is -2.37. The Morgan fingerprint density at radius 3 is 2.76 bits per heavy atom. The molecular weight excluding hydrogens is 220 g/mol. The average molecular weight is 239 g/mol. The molecule has 0 bridgehead atoms. The monoisotopic (exact) mass is 239 g/mol. The molecule has 0 radical (unpaired) electrons. The molecule has 1 nitrogen and oxygen atoms in total. The topological polar surface area (TPSA) is 12.0 Å². The van der Waals surface area contributed by atoms with E-state index in [1.165, 1.54) is 18.2 Å². The fraction of sp³-hybridized carbons (Fsp3) is 0.571. The molecule has 1 aliphatic carbocycles. The lowest BCUT2D eigenvalue weighted by Crippen LogP contribution is -2.34. The summed E-state index contributed by atoms with van der Waals surface area (Å²) in [6, 6.07) is 3.77. The fourth-order valence-corrected chi connectivity index (χ4v) is 2.49. The molecule has 94 valence electrons. The van der Waals surface area contributed by atoms with Gasteiger partial charge in [-0.2, -0.15) is 0 Å². The van der Waals surface area contributed by atoms with Crippen molar-refractivity contribution in [3.63, 3.8) is 0 Å². The van der Waals surface area contributed by atoms with Gasteiger partial charge in [0.2, 0.25) is 0 Å². The quantitative estimate of drug-likeness (QED) is 0.776. The molecule has 1 aromatic carbocycles. The van der Waals surface area contributed by atoms with Crippen molar-refractivity contribution in [1.82, 2.24) is 5.32 Å². The molecule has 0 saturated heterocycles. The molecule has 3 heteroatoms. The number of halogens is 2. The van der Waals surface area contributed by atoms with E-state index in [1.807, 2.05) is 0 Å². The lowest BCUT2D eigenvalue weighted by molar-refractivity contribution is 0.240. The summed E-state index contributed by atoms with van der Waals surface area (Å²) in [6.07, 6.45) is 3.18. The van der Waals surface area contributed by atoms with Gasteiger partial charge in [-0.3, -0.25) is 0 Å². The third kappa shape index (κ3) is 2.83. The molecule has 0 aromatic heterocycles. The van der Waals surface area contributed by atoms with E-state index in [0.29, 0.717) is 11.5 Å². The van der Waals surface area contributed by atoms with Gasteiger partial charge in [0.25, 0.3) is 0 Å². The minimum atomic E-state index is -0.339. The molecule has 1 saturated carbocycles. The molecule has 0 aliphatic heterocycles. The number of benzene rings is 1. The van der Waals surface area contributed by atoms with Gasteiger partial charge in [0.1, 0.15) is 11.6 Å². The highest BCUT2D eigenvalue weighted by Crippen LogP contribution is 2.43. The van der Waals surface area contributed by atoms with Crippen molar-refractivity contribution in [3.05, 3.63) is 35.4 Å². The summed E-state index contributed by atoms with van der Waals surface area (Å²) in [7, 11) is 0. The minimum absolute atomic E-state index is 0.190. The van der Waals surface area contributed by atoms with E-state index in [1.54, 1.807) is 0 Å². The van der Waals surface area contributed by atoms with Gasteiger partial charge < -0.3 is 5.32 Å². The Labute approximate surface area is 101 Å². The predicted molar refractivity (Wildman–Crippen MR) is 65.0 cm³/mol. The Morgan fingerprint density at radius 1 is 1.29 bits per heavy atom. The van der Waals surface area contributed by atoms with E-state index in [2.05, 4.69) is 12.2 Å². The molecule has 2 rings (SSSR count). The zero-order valence-electron chi connectivity index (χ0n) is 10.2. The molecule has 17 heavy (non-hydrogen) atoms. The third-order valence-corrected chi connectivity index (χ3v) is 3.61. The van der Waals surface area contributed by atoms with Crippen molar-refractivity contribution in [2.75, 3.05) is 13.1 Å². The van der Waals surface area contributed by atoms with E-state index < -0.39 is 0 Å². The van der Waals surface area contributed by atoms with Crippen LogP contribution in [-0.4, -0.2) is 13.1 Å². The van der Waals surface area contributed by atoms with Crippen LogP contribution in [0.3, 0.4) is 0 Å². The second-order valence-electron chi connectivity index (χ2n) is 4.81. The van der Waals surface area contributed by atoms with Gasteiger partial charge in [-0.05, 0) is 68.0 Å². The number of hydrogen-bond donors (Lipinski definition) is 1. The van der Waals surface area contributed by atoms with Crippen LogP contribution < -0.4 is 5.32 Å². The lowest BCUT2D eigenvalue weighted by atomic mass is 9.70. The maximum absolute atomic E-state index is 13.6. The van der Waals surface area contributed by atoms with Crippen molar-refractivity contribution in [2.45, 2.75) is 32.1 Å². The fourth-order valence-electron chi connectivity index (χ4n) is 2.49. The van der Waals surface area contributed by atoms with Gasteiger partial charge in [0.15, 0.2) is 0 Å². The zero-order valence-corrected chi connectivity index (χ0v) is 10.2. The smallest absolute Gasteiger partial charge is 0.126 e. The van der Waals surface area contributed by atoms with Gasteiger partial charge >= 0.3 is 0 Å². The molecule has 1 fully saturated rings. The van der Waals surface area contributed by atoms with Crippen LogP contribution in [0.5, 0.6) is 0 Å². The van der Waals surface area contributed by atoms with Crippen LogP contribution in [0.4, 0.5) is 8.78 Å². The van der Waals surface area contributed by atoms with E-state index in [9.17, 15) is 8.78 Å². The van der Waals surface area contributed by atoms with Crippen molar-refractivity contribution >= 4 is 0 Å². The third-order valence-electron chi connectivity index (χ3n) is 3.61. The highest BCUT2D eigenvalue weighted by molar-refractivity contribution is 5.25. The highest BCUT2D eigenvalue weighted by Gasteiger charge is 2.33. The largest absolute Gasteiger partial charge is 0.316 e. The first-order chi connectivity index (χ1) is 8.22. The van der Waals surface area contributed by atoms with Gasteiger partial charge in [-0.15, -0.1) is 0 Å². The Bertz CT molecular complexity index is 378. The van der Waals surface area contributed by atoms with Crippen molar-refractivity contribution in [1.29, 1.82) is 0 Å². The molecule has 0 heterocycles. The summed E-state index contributed by atoms with van der Waals surface area (Å²) in [6.45, 7) is 4.03. The minimum Gasteiger partial charge on any atom is -0.316 e. The first-order valence-electron chi connectivity index (χ1n) is 6.38. The summed E-state index contributed by atoms with van der Waals surface area (Å²) >= 11 is 0. The Morgan fingerprint density at radius 2 is 2.12 bits per heavy atom. The number of nitrogens with one attached hydrogen (secondary N) is 1.